The van der Waals surface area contributed by atoms with E-state index in [4.69, 9.17) is 0 Å². The lowest BCUT2D eigenvalue weighted by Gasteiger charge is -2.36. The molecule has 1 aromatic carbocycles. The number of likely N-dealkylation sites (tertiary alicyclic amines) is 1. The molecular weight excluding hydrogens is 324 g/mol. The molecule has 1 saturated carbocycles. The molecule has 4 rings (SSSR count). The molecule has 0 radical (unpaired) electrons. The highest BCUT2D eigenvalue weighted by molar-refractivity contribution is 5.83. The first-order valence-electron chi connectivity index (χ1n) is 10.3. The van der Waals surface area contributed by atoms with Gasteiger partial charge < -0.3 is 10.2 Å². The summed E-state index contributed by atoms with van der Waals surface area (Å²) in [5.74, 6) is 0.753. The number of fused-ring (bicyclic) bond motifs is 1. The van der Waals surface area contributed by atoms with Gasteiger partial charge in [-0.1, -0.05) is 18.9 Å². The number of hydrazine groups is 1. The van der Waals surface area contributed by atoms with E-state index in [1.807, 2.05) is 0 Å². The molecule has 142 valence electrons. The van der Waals surface area contributed by atoms with Crippen LogP contribution in [0.25, 0.3) is 0 Å². The minimum Gasteiger partial charge on any atom is -0.381 e. The maximum Gasteiger partial charge on any atom is 0.241 e. The number of aryl methyl sites for hydroxylation is 2. The lowest BCUT2D eigenvalue weighted by molar-refractivity contribution is -0.135. The van der Waals surface area contributed by atoms with Crippen molar-refractivity contribution in [2.24, 2.45) is 5.92 Å². The Bertz CT molecular complexity index is 661. The van der Waals surface area contributed by atoms with E-state index < -0.39 is 0 Å². The number of hydrogen-bond acceptors (Lipinski definition) is 4. The van der Waals surface area contributed by atoms with Crippen molar-refractivity contribution >= 4 is 11.6 Å². The smallest absolute Gasteiger partial charge is 0.241 e. The number of benzene rings is 1. The van der Waals surface area contributed by atoms with Crippen LogP contribution in [0.3, 0.4) is 0 Å². The minimum atomic E-state index is -0.0410. The SMILES string of the molecule is Cc1ccc(NC2CCCN(C(=O)C3NNC4CCCCC43)C2)cc1C. The van der Waals surface area contributed by atoms with Gasteiger partial charge in [-0.15, -0.1) is 0 Å². The highest BCUT2D eigenvalue weighted by Gasteiger charge is 2.43. The Labute approximate surface area is 156 Å². The van der Waals surface area contributed by atoms with Gasteiger partial charge in [-0.25, -0.2) is 5.43 Å². The molecule has 5 nitrogen and oxygen atoms in total. The molecule has 1 aliphatic carbocycles. The Hall–Kier alpha value is -1.59. The average molecular weight is 357 g/mol. The zero-order valence-electron chi connectivity index (χ0n) is 16.1. The molecule has 5 heteroatoms. The Kier molecular flexibility index (Phi) is 5.18. The van der Waals surface area contributed by atoms with Gasteiger partial charge in [-0.3, -0.25) is 10.2 Å². The number of nitrogens with one attached hydrogen (secondary N) is 3. The van der Waals surface area contributed by atoms with Crippen LogP contribution in [-0.2, 0) is 4.79 Å². The first-order chi connectivity index (χ1) is 12.6. The summed E-state index contributed by atoms with van der Waals surface area (Å²) in [6.45, 7) is 5.98. The average Bonchev–Trinajstić information content (AvgIpc) is 3.08. The molecule has 1 aromatic rings. The van der Waals surface area contributed by atoms with E-state index in [9.17, 15) is 4.79 Å². The molecule has 3 aliphatic rings. The van der Waals surface area contributed by atoms with Crippen LogP contribution in [0.4, 0.5) is 5.69 Å². The number of anilines is 1. The van der Waals surface area contributed by atoms with E-state index >= 15 is 0 Å². The van der Waals surface area contributed by atoms with Gasteiger partial charge in [0.15, 0.2) is 0 Å². The van der Waals surface area contributed by atoms with Crippen LogP contribution in [0.1, 0.15) is 49.7 Å². The normalized spacial score (nSPS) is 31.5. The summed E-state index contributed by atoms with van der Waals surface area (Å²) < 4.78 is 0. The van der Waals surface area contributed by atoms with Crippen molar-refractivity contribution in [2.45, 2.75) is 70.5 Å². The maximum absolute atomic E-state index is 13.1. The zero-order valence-corrected chi connectivity index (χ0v) is 16.1. The van der Waals surface area contributed by atoms with Crippen molar-refractivity contribution in [3.8, 4) is 0 Å². The van der Waals surface area contributed by atoms with Crippen molar-refractivity contribution < 1.29 is 4.79 Å². The van der Waals surface area contributed by atoms with Crippen LogP contribution < -0.4 is 16.2 Å². The monoisotopic (exact) mass is 356 g/mol. The van der Waals surface area contributed by atoms with Crippen LogP contribution in [0, 0.1) is 19.8 Å². The fraction of sp³-hybridized carbons (Fsp3) is 0.667. The molecule has 2 heterocycles. The number of carbonyl (C=O) groups excluding carboxylic acids is 1. The van der Waals surface area contributed by atoms with Gasteiger partial charge in [0.25, 0.3) is 0 Å². The Balaban J connectivity index is 1.38. The molecule has 4 atom stereocenters. The third kappa shape index (κ3) is 3.60. The summed E-state index contributed by atoms with van der Waals surface area (Å²) >= 11 is 0. The fourth-order valence-corrected chi connectivity index (χ4v) is 4.85. The highest BCUT2D eigenvalue weighted by Crippen LogP contribution is 2.31. The standard InChI is InChI=1S/C21H32N4O/c1-14-9-10-16(12-15(14)2)22-17-6-5-11-25(13-17)21(26)20-18-7-3-4-8-19(18)23-24-20/h9-10,12,17-20,22-24H,3-8,11,13H2,1-2H3. The number of rotatable bonds is 3. The van der Waals surface area contributed by atoms with Crippen LogP contribution >= 0.6 is 0 Å². The lowest BCUT2D eigenvalue weighted by atomic mass is 9.81. The number of amides is 1. The Morgan fingerprint density at radius 2 is 1.92 bits per heavy atom. The van der Waals surface area contributed by atoms with Gasteiger partial charge in [0.05, 0.1) is 0 Å². The second kappa shape index (κ2) is 7.57. The first kappa shape index (κ1) is 17.8. The van der Waals surface area contributed by atoms with Gasteiger partial charge in [0, 0.05) is 36.8 Å². The highest BCUT2D eigenvalue weighted by atomic mass is 16.2. The molecule has 4 unspecified atom stereocenters. The van der Waals surface area contributed by atoms with Crippen LogP contribution in [-0.4, -0.2) is 42.0 Å². The lowest BCUT2D eigenvalue weighted by Crippen LogP contribution is -2.53. The van der Waals surface area contributed by atoms with Crippen LogP contribution in [0.2, 0.25) is 0 Å². The van der Waals surface area contributed by atoms with Gasteiger partial charge in [0.1, 0.15) is 6.04 Å². The Morgan fingerprint density at radius 3 is 2.77 bits per heavy atom. The first-order valence-corrected chi connectivity index (χ1v) is 10.3. The van der Waals surface area contributed by atoms with E-state index in [1.165, 1.54) is 42.5 Å². The molecule has 2 aliphatic heterocycles. The number of piperidine rings is 1. The van der Waals surface area contributed by atoms with E-state index in [2.05, 4.69) is 53.1 Å². The molecular formula is C21H32N4O. The number of hydrogen-bond donors (Lipinski definition) is 3. The van der Waals surface area contributed by atoms with E-state index in [-0.39, 0.29) is 6.04 Å². The largest absolute Gasteiger partial charge is 0.381 e. The molecule has 1 amide bonds. The minimum absolute atomic E-state index is 0.0410. The van der Waals surface area contributed by atoms with Crippen LogP contribution in [0.5, 0.6) is 0 Å². The molecule has 0 aromatic heterocycles. The summed E-state index contributed by atoms with van der Waals surface area (Å²) in [4.78, 5) is 15.2. The predicted molar refractivity (Wildman–Crippen MR) is 105 cm³/mol. The second-order valence-electron chi connectivity index (χ2n) is 8.39. The summed E-state index contributed by atoms with van der Waals surface area (Å²) in [5, 5.41) is 3.65. The van der Waals surface area contributed by atoms with Gasteiger partial charge in [0.2, 0.25) is 5.91 Å². The second-order valence-corrected chi connectivity index (χ2v) is 8.39. The van der Waals surface area contributed by atoms with Gasteiger partial charge in [-0.05, 0) is 62.8 Å². The van der Waals surface area contributed by atoms with Crippen molar-refractivity contribution in [3.63, 3.8) is 0 Å². The summed E-state index contributed by atoms with van der Waals surface area (Å²) in [7, 11) is 0. The fourth-order valence-electron chi connectivity index (χ4n) is 4.85. The summed E-state index contributed by atoms with van der Waals surface area (Å²) in [6.07, 6.45) is 7.09. The topological polar surface area (TPSA) is 56.4 Å². The number of nitrogens with zero attached hydrogens (tertiary/aromatic N) is 1. The van der Waals surface area contributed by atoms with Gasteiger partial charge in [-0.2, -0.15) is 0 Å². The molecule has 0 bridgehead atoms. The molecule has 3 fully saturated rings. The third-order valence-corrected chi connectivity index (χ3v) is 6.55. The van der Waals surface area contributed by atoms with Crippen molar-refractivity contribution in [2.75, 3.05) is 18.4 Å². The van der Waals surface area contributed by atoms with E-state index in [0.29, 0.717) is 23.9 Å². The number of carbonyl (C=O) groups is 1. The predicted octanol–water partition coefficient (Wildman–Crippen LogP) is 2.74. The van der Waals surface area contributed by atoms with Gasteiger partial charge >= 0.3 is 0 Å². The van der Waals surface area contributed by atoms with Crippen molar-refractivity contribution in [1.82, 2.24) is 15.8 Å². The maximum atomic E-state index is 13.1. The summed E-state index contributed by atoms with van der Waals surface area (Å²) in [6, 6.07) is 7.31. The molecule has 26 heavy (non-hydrogen) atoms. The van der Waals surface area contributed by atoms with Crippen molar-refractivity contribution in [1.29, 1.82) is 0 Å². The quantitative estimate of drug-likeness (QED) is 0.779. The third-order valence-electron chi connectivity index (χ3n) is 6.55. The zero-order chi connectivity index (χ0) is 18.1. The van der Waals surface area contributed by atoms with E-state index in [1.54, 1.807) is 0 Å². The summed E-state index contributed by atoms with van der Waals surface area (Å²) in [5.41, 5.74) is 10.5. The molecule has 3 N–H and O–H groups in total. The Morgan fingerprint density at radius 1 is 1.08 bits per heavy atom. The van der Waals surface area contributed by atoms with Crippen LogP contribution in [0.15, 0.2) is 18.2 Å². The van der Waals surface area contributed by atoms with E-state index in [0.717, 1.165) is 25.9 Å². The molecule has 0 spiro atoms. The molecule has 2 saturated heterocycles. The van der Waals surface area contributed by atoms with Crippen molar-refractivity contribution in [3.05, 3.63) is 29.3 Å².